The van der Waals surface area contributed by atoms with Crippen molar-refractivity contribution in [2.45, 2.75) is 32.5 Å². The Hall–Kier alpha value is -1.10. The summed E-state index contributed by atoms with van der Waals surface area (Å²) in [5.74, 6) is 0.859. The van der Waals surface area contributed by atoms with E-state index in [2.05, 4.69) is 0 Å². The van der Waals surface area contributed by atoms with Crippen molar-refractivity contribution in [3.05, 3.63) is 29.8 Å². The number of aliphatic hydroxyl groups is 2. The van der Waals surface area contributed by atoms with Crippen LogP contribution in [0.25, 0.3) is 0 Å². The lowest BCUT2D eigenvalue weighted by Crippen LogP contribution is -2.37. The SMILES string of the molecule is CC(C)Oc1ccc(CN(C)C(CO)CO)cc1. The molecule has 18 heavy (non-hydrogen) atoms. The number of aliphatic hydroxyl groups excluding tert-OH is 2. The maximum Gasteiger partial charge on any atom is 0.119 e. The van der Waals surface area contributed by atoms with Crippen molar-refractivity contribution in [1.29, 1.82) is 0 Å². The summed E-state index contributed by atoms with van der Waals surface area (Å²) < 4.78 is 5.57. The van der Waals surface area contributed by atoms with E-state index in [0.29, 0.717) is 6.54 Å². The molecule has 4 heteroatoms. The zero-order chi connectivity index (χ0) is 13.5. The van der Waals surface area contributed by atoms with Gasteiger partial charge in [0.2, 0.25) is 0 Å². The van der Waals surface area contributed by atoms with Crippen molar-refractivity contribution in [3.8, 4) is 5.75 Å². The summed E-state index contributed by atoms with van der Waals surface area (Å²) in [5.41, 5.74) is 1.13. The van der Waals surface area contributed by atoms with E-state index in [-0.39, 0.29) is 25.4 Å². The van der Waals surface area contributed by atoms with E-state index in [1.54, 1.807) is 0 Å². The smallest absolute Gasteiger partial charge is 0.119 e. The minimum Gasteiger partial charge on any atom is -0.491 e. The third-order valence-corrected chi connectivity index (χ3v) is 2.77. The molecule has 1 aromatic rings. The summed E-state index contributed by atoms with van der Waals surface area (Å²) in [4.78, 5) is 1.93. The number of benzene rings is 1. The van der Waals surface area contributed by atoms with E-state index in [0.717, 1.165) is 11.3 Å². The summed E-state index contributed by atoms with van der Waals surface area (Å²) in [5, 5.41) is 18.2. The Morgan fingerprint density at radius 3 is 2.11 bits per heavy atom. The fraction of sp³-hybridized carbons (Fsp3) is 0.571. The molecule has 0 aromatic heterocycles. The highest BCUT2D eigenvalue weighted by molar-refractivity contribution is 5.27. The first-order valence-corrected chi connectivity index (χ1v) is 6.24. The second-order valence-corrected chi connectivity index (χ2v) is 4.74. The molecule has 0 aliphatic heterocycles. The van der Waals surface area contributed by atoms with Crippen LogP contribution in [-0.4, -0.2) is 47.5 Å². The molecular formula is C14H23NO3. The molecule has 0 heterocycles. The van der Waals surface area contributed by atoms with E-state index < -0.39 is 0 Å². The fourth-order valence-corrected chi connectivity index (χ4v) is 1.70. The van der Waals surface area contributed by atoms with Gasteiger partial charge in [0.1, 0.15) is 5.75 Å². The average Bonchev–Trinajstić information content (AvgIpc) is 2.32. The van der Waals surface area contributed by atoms with Crippen molar-refractivity contribution in [3.63, 3.8) is 0 Å². The van der Waals surface area contributed by atoms with Crippen molar-refractivity contribution < 1.29 is 14.9 Å². The third kappa shape index (κ3) is 4.64. The Balaban J connectivity index is 2.57. The molecule has 0 atom stereocenters. The predicted octanol–water partition coefficient (Wildman–Crippen LogP) is 1.26. The molecule has 0 aliphatic rings. The van der Waals surface area contributed by atoms with Crippen molar-refractivity contribution in [1.82, 2.24) is 4.90 Å². The van der Waals surface area contributed by atoms with Crippen LogP contribution in [-0.2, 0) is 6.54 Å². The molecule has 0 fully saturated rings. The third-order valence-electron chi connectivity index (χ3n) is 2.77. The van der Waals surface area contributed by atoms with E-state index in [4.69, 9.17) is 14.9 Å². The Labute approximate surface area is 109 Å². The van der Waals surface area contributed by atoms with Gasteiger partial charge in [0, 0.05) is 6.54 Å². The molecule has 0 saturated carbocycles. The largest absolute Gasteiger partial charge is 0.491 e. The minimum absolute atomic E-state index is 0.0401. The maximum atomic E-state index is 9.10. The molecular weight excluding hydrogens is 230 g/mol. The Morgan fingerprint density at radius 1 is 1.11 bits per heavy atom. The topological polar surface area (TPSA) is 52.9 Å². The molecule has 1 rings (SSSR count). The maximum absolute atomic E-state index is 9.10. The van der Waals surface area contributed by atoms with Gasteiger partial charge in [-0.2, -0.15) is 0 Å². The van der Waals surface area contributed by atoms with Crippen molar-refractivity contribution >= 4 is 0 Å². The fourth-order valence-electron chi connectivity index (χ4n) is 1.70. The minimum atomic E-state index is -0.211. The highest BCUT2D eigenvalue weighted by Crippen LogP contribution is 2.15. The first-order valence-electron chi connectivity index (χ1n) is 6.24. The van der Waals surface area contributed by atoms with Gasteiger partial charge < -0.3 is 14.9 Å². The summed E-state index contributed by atoms with van der Waals surface area (Å²) in [6, 6.07) is 7.67. The zero-order valence-corrected chi connectivity index (χ0v) is 11.3. The van der Waals surface area contributed by atoms with Crippen LogP contribution in [0, 0.1) is 0 Å². The summed E-state index contributed by atoms with van der Waals surface area (Å²) in [7, 11) is 1.88. The number of nitrogens with zero attached hydrogens (tertiary/aromatic N) is 1. The van der Waals surface area contributed by atoms with Gasteiger partial charge in [-0.25, -0.2) is 0 Å². The first kappa shape index (κ1) is 15.0. The van der Waals surface area contributed by atoms with Crippen molar-refractivity contribution in [2.75, 3.05) is 20.3 Å². The number of likely N-dealkylation sites (N-methyl/N-ethyl adjacent to an activating group) is 1. The number of hydrogen-bond acceptors (Lipinski definition) is 4. The Kier molecular flexibility index (Phi) is 6.12. The summed E-state index contributed by atoms with van der Waals surface area (Å²) in [6.45, 7) is 4.60. The van der Waals surface area contributed by atoms with Gasteiger partial charge in [-0.05, 0) is 38.6 Å². The van der Waals surface area contributed by atoms with Gasteiger partial charge in [-0.15, -0.1) is 0 Å². The number of hydrogen-bond donors (Lipinski definition) is 2. The van der Waals surface area contributed by atoms with Crippen LogP contribution in [0.4, 0.5) is 0 Å². The van der Waals surface area contributed by atoms with E-state index >= 15 is 0 Å². The quantitative estimate of drug-likeness (QED) is 0.768. The molecule has 4 nitrogen and oxygen atoms in total. The molecule has 102 valence electrons. The summed E-state index contributed by atoms with van der Waals surface area (Å²) in [6.07, 6.45) is 0.173. The normalized spacial score (nSPS) is 11.6. The van der Waals surface area contributed by atoms with Crippen LogP contribution in [0.3, 0.4) is 0 Å². The monoisotopic (exact) mass is 253 g/mol. The lowest BCUT2D eigenvalue weighted by Gasteiger charge is -2.24. The molecule has 0 saturated heterocycles. The molecule has 0 radical (unpaired) electrons. The van der Waals surface area contributed by atoms with Gasteiger partial charge in [-0.3, -0.25) is 4.90 Å². The zero-order valence-electron chi connectivity index (χ0n) is 11.3. The lowest BCUT2D eigenvalue weighted by molar-refractivity contribution is 0.0873. The van der Waals surface area contributed by atoms with Crippen LogP contribution < -0.4 is 4.74 Å². The highest BCUT2D eigenvalue weighted by Gasteiger charge is 2.12. The molecule has 1 aromatic carbocycles. The summed E-state index contributed by atoms with van der Waals surface area (Å²) >= 11 is 0. The number of ether oxygens (including phenoxy) is 1. The van der Waals surface area contributed by atoms with Gasteiger partial charge >= 0.3 is 0 Å². The van der Waals surface area contributed by atoms with Gasteiger partial charge in [-0.1, -0.05) is 12.1 Å². The van der Waals surface area contributed by atoms with Crippen molar-refractivity contribution in [2.24, 2.45) is 0 Å². The van der Waals surface area contributed by atoms with Crippen LogP contribution in [0.15, 0.2) is 24.3 Å². The van der Waals surface area contributed by atoms with E-state index in [1.807, 2.05) is 50.1 Å². The molecule has 0 amide bonds. The molecule has 0 aliphatic carbocycles. The number of rotatable bonds is 7. The molecule has 0 unspecified atom stereocenters. The van der Waals surface area contributed by atoms with Crippen LogP contribution in [0.2, 0.25) is 0 Å². The highest BCUT2D eigenvalue weighted by atomic mass is 16.5. The molecule has 0 spiro atoms. The van der Waals surface area contributed by atoms with Gasteiger partial charge in [0.05, 0.1) is 25.4 Å². The van der Waals surface area contributed by atoms with Crippen LogP contribution in [0.5, 0.6) is 5.75 Å². The van der Waals surface area contributed by atoms with E-state index in [9.17, 15) is 0 Å². The Morgan fingerprint density at radius 2 is 1.67 bits per heavy atom. The molecule has 0 bridgehead atoms. The molecule has 2 N–H and O–H groups in total. The standard InChI is InChI=1S/C14H23NO3/c1-11(2)18-14-6-4-12(5-7-14)8-15(3)13(9-16)10-17/h4-7,11,13,16-17H,8-10H2,1-3H3. The van der Waals surface area contributed by atoms with Gasteiger partial charge in [0.15, 0.2) is 0 Å². The lowest BCUT2D eigenvalue weighted by atomic mass is 10.2. The average molecular weight is 253 g/mol. The Bertz CT molecular complexity index is 333. The van der Waals surface area contributed by atoms with Gasteiger partial charge in [0.25, 0.3) is 0 Å². The van der Waals surface area contributed by atoms with Crippen LogP contribution in [0.1, 0.15) is 19.4 Å². The van der Waals surface area contributed by atoms with E-state index in [1.165, 1.54) is 0 Å². The van der Waals surface area contributed by atoms with Crippen LogP contribution >= 0.6 is 0 Å². The second kappa shape index (κ2) is 7.36. The predicted molar refractivity (Wildman–Crippen MR) is 71.6 cm³/mol. The first-order chi connectivity index (χ1) is 8.56. The second-order valence-electron chi connectivity index (χ2n) is 4.74.